The Balaban J connectivity index is 2.24. The van der Waals surface area contributed by atoms with Crippen LogP contribution in [0.4, 0.5) is 19.5 Å². The number of anilines is 1. The lowest BCUT2D eigenvalue weighted by molar-refractivity contribution is 0.217. The summed E-state index contributed by atoms with van der Waals surface area (Å²) < 4.78 is 28.4. The zero-order valence-corrected chi connectivity index (χ0v) is 11.2. The van der Waals surface area contributed by atoms with E-state index in [2.05, 4.69) is 10.3 Å². The largest absolute Gasteiger partial charge is 0.369 e. The van der Waals surface area contributed by atoms with Crippen LogP contribution in [0.1, 0.15) is 0 Å². The Hall–Kier alpha value is -2.38. The first kappa shape index (κ1) is 14.0. The molecule has 0 aliphatic rings. The monoisotopic (exact) mass is 283 g/mol. The van der Waals surface area contributed by atoms with Crippen LogP contribution < -0.4 is 11.1 Å². The third-order valence-electron chi connectivity index (χ3n) is 2.85. The van der Waals surface area contributed by atoms with E-state index in [4.69, 9.17) is 5.73 Å². The van der Waals surface area contributed by atoms with Crippen molar-refractivity contribution in [1.82, 2.24) is 19.8 Å². The number of nitrogens with two attached hydrogens (primary N) is 1. The molecule has 3 N–H and O–H groups in total. The van der Waals surface area contributed by atoms with E-state index in [1.54, 1.807) is 14.1 Å². The summed E-state index contributed by atoms with van der Waals surface area (Å²) in [7, 11) is 3.21. The number of carbonyl (C=O) groups excluding carboxylic acids is 1. The van der Waals surface area contributed by atoms with Crippen molar-refractivity contribution >= 4 is 23.0 Å². The second-order valence-corrected chi connectivity index (χ2v) is 4.48. The number of carbonyl (C=O) groups is 1. The fourth-order valence-corrected chi connectivity index (χ4v) is 1.83. The topological polar surface area (TPSA) is 76.2 Å². The molecule has 6 nitrogen and oxygen atoms in total. The average Bonchev–Trinajstić information content (AvgIpc) is 2.71. The van der Waals surface area contributed by atoms with Gasteiger partial charge < -0.3 is 20.5 Å². The Morgan fingerprint density at radius 3 is 2.80 bits per heavy atom. The van der Waals surface area contributed by atoms with Gasteiger partial charge in [0.1, 0.15) is 5.52 Å². The van der Waals surface area contributed by atoms with Gasteiger partial charge in [0.05, 0.1) is 5.52 Å². The number of halogens is 2. The molecular formula is C12H15F2N5O. The van der Waals surface area contributed by atoms with Gasteiger partial charge in [-0.25, -0.2) is 18.6 Å². The van der Waals surface area contributed by atoms with Crippen molar-refractivity contribution in [3.8, 4) is 0 Å². The van der Waals surface area contributed by atoms with Gasteiger partial charge in [0.2, 0.25) is 5.95 Å². The zero-order valence-electron chi connectivity index (χ0n) is 11.2. The second kappa shape index (κ2) is 5.32. The highest BCUT2D eigenvalue weighted by atomic mass is 19.2. The minimum absolute atomic E-state index is 0.00148. The van der Waals surface area contributed by atoms with Crippen LogP contribution in [0.25, 0.3) is 11.0 Å². The number of hydrogen-bond donors (Lipinski definition) is 2. The van der Waals surface area contributed by atoms with Crippen molar-refractivity contribution in [3.05, 3.63) is 23.8 Å². The van der Waals surface area contributed by atoms with Crippen LogP contribution in [0.3, 0.4) is 0 Å². The third-order valence-corrected chi connectivity index (χ3v) is 2.85. The van der Waals surface area contributed by atoms with Gasteiger partial charge in [0.15, 0.2) is 11.6 Å². The number of amides is 2. The quantitative estimate of drug-likeness (QED) is 0.887. The van der Waals surface area contributed by atoms with Crippen molar-refractivity contribution < 1.29 is 13.6 Å². The fourth-order valence-electron chi connectivity index (χ4n) is 1.83. The van der Waals surface area contributed by atoms with E-state index in [1.165, 1.54) is 15.5 Å². The lowest BCUT2D eigenvalue weighted by atomic mass is 10.3. The lowest BCUT2D eigenvalue weighted by Gasteiger charge is -2.13. The highest BCUT2D eigenvalue weighted by Crippen LogP contribution is 2.22. The molecule has 0 radical (unpaired) electrons. The molecule has 108 valence electrons. The van der Waals surface area contributed by atoms with Gasteiger partial charge in [0, 0.05) is 27.2 Å². The van der Waals surface area contributed by atoms with Gasteiger partial charge in [0.25, 0.3) is 0 Å². The van der Waals surface area contributed by atoms with Gasteiger partial charge in [-0.15, -0.1) is 0 Å². The predicted octanol–water partition coefficient (Wildman–Crippen LogP) is 1.17. The SMILES string of the molecule is CN(C)C(=O)NCCn1c(N)nc2ccc(F)c(F)c21. The normalized spacial score (nSPS) is 10.8. The number of hydrogen-bond acceptors (Lipinski definition) is 3. The van der Waals surface area contributed by atoms with E-state index in [-0.39, 0.29) is 36.1 Å². The molecule has 1 aromatic carbocycles. The molecule has 0 aliphatic heterocycles. The van der Waals surface area contributed by atoms with Gasteiger partial charge >= 0.3 is 6.03 Å². The number of nitrogen functional groups attached to an aromatic ring is 1. The molecule has 2 amide bonds. The third kappa shape index (κ3) is 2.49. The number of rotatable bonds is 3. The Morgan fingerprint density at radius 1 is 1.45 bits per heavy atom. The van der Waals surface area contributed by atoms with E-state index in [9.17, 15) is 13.6 Å². The Labute approximate surface area is 114 Å². The summed E-state index contributed by atoms with van der Waals surface area (Å²) in [4.78, 5) is 16.7. The van der Waals surface area contributed by atoms with Crippen LogP contribution in [0, 0.1) is 11.6 Å². The van der Waals surface area contributed by atoms with Crippen molar-refractivity contribution in [2.45, 2.75) is 6.54 Å². The molecular weight excluding hydrogens is 268 g/mol. The van der Waals surface area contributed by atoms with Crippen LogP contribution >= 0.6 is 0 Å². The predicted molar refractivity (Wildman–Crippen MR) is 71.1 cm³/mol. The number of nitrogens with zero attached hydrogens (tertiary/aromatic N) is 3. The zero-order chi connectivity index (χ0) is 14.9. The van der Waals surface area contributed by atoms with E-state index < -0.39 is 11.6 Å². The van der Waals surface area contributed by atoms with E-state index >= 15 is 0 Å². The lowest BCUT2D eigenvalue weighted by Crippen LogP contribution is -2.36. The Kier molecular flexibility index (Phi) is 3.73. The highest BCUT2D eigenvalue weighted by molar-refractivity contribution is 5.79. The Morgan fingerprint density at radius 2 is 2.15 bits per heavy atom. The summed E-state index contributed by atoms with van der Waals surface area (Å²) in [5.74, 6) is -1.88. The minimum atomic E-state index is -0.995. The van der Waals surface area contributed by atoms with Crippen LogP contribution in [0.15, 0.2) is 12.1 Å². The molecule has 0 saturated carbocycles. The number of benzene rings is 1. The molecule has 2 rings (SSSR count). The van der Waals surface area contributed by atoms with Gasteiger partial charge in [-0.05, 0) is 12.1 Å². The standard InChI is InChI=1S/C12H15F2N5O/c1-18(2)12(20)16-5-6-19-10-8(17-11(19)15)4-3-7(13)9(10)14/h3-4H,5-6H2,1-2H3,(H2,15,17)(H,16,20). The summed E-state index contributed by atoms with van der Waals surface area (Å²) in [6, 6.07) is 2.08. The van der Waals surface area contributed by atoms with Crippen molar-refractivity contribution in [2.75, 3.05) is 26.4 Å². The van der Waals surface area contributed by atoms with Crippen LogP contribution in [0.2, 0.25) is 0 Å². The fraction of sp³-hybridized carbons (Fsp3) is 0.333. The first-order valence-electron chi connectivity index (χ1n) is 5.96. The van der Waals surface area contributed by atoms with Crippen molar-refractivity contribution in [2.24, 2.45) is 0 Å². The first-order valence-corrected chi connectivity index (χ1v) is 5.96. The molecule has 0 atom stereocenters. The second-order valence-electron chi connectivity index (χ2n) is 4.48. The van der Waals surface area contributed by atoms with Gasteiger partial charge in [-0.2, -0.15) is 0 Å². The molecule has 0 saturated heterocycles. The first-order chi connectivity index (χ1) is 9.41. The number of imidazole rings is 1. The minimum Gasteiger partial charge on any atom is -0.369 e. The molecule has 0 bridgehead atoms. The number of fused-ring (bicyclic) bond motifs is 1. The summed E-state index contributed by atoms with van der Waals surface area (Å²) in [6.07, 6.45) is 0. The smallest absolute Gasteiger partial charge is 0.316 e. The van der Waals surface area contributed by atoms with Crippen molar-refractivity contribution in [3.63, 3.8) is 0 Å². The molecule has 20 heavy (non-hydrogen) atoms. The number of urea groups is 1. The molecule has 2 aromatic rings. The summed E-state index contributed by atoms with van der Waals surface area (Å²) >= 11 is 0. The maximum Gasteiger partial charge on any atom is 0.316 e. The molecule has 0 unspecified atom stereocenters. The van der Waals surface area contributed by atoms with Crippen LogP contribution in [-0.4, -0.2) is 41.1 Å². The average molecular weight is 283 g/mol. The maximum absolute atomic E-state index is 13.8. The van der Waals surface area contributed by atoms with Gasteiger partial charge in [-0.1, -0.05) is 0 Å². The van der Waals surface area contributed by atoms with Gasteiger partial charge in [-0.3, -0.25) is 0 Å². The molecule has 0 spiro atoms. The molecule has 8 heteroatoms. The molecule has 0 fully saturated rings. The van der Waals surface area contributed by atoms with Crippen LogP contribution in [0.5, 0.6) is 0 Å². The van der Waals surface area contributed by atoms with Crippen LogP contribution in [-0.2, 0) is 6.54 Å². The van der Waals surface area contributed by atoms with Crippen molar-refractivity contribution in [1.29, 1.82) is 0 Å². The summed E-state index contributed by atoms with van der Waals surface area (Å²) in [5, 5.41) is 2.61. The summed E-state index contributed by atoms with van der Waals surface area (Å²) in [5.41, 5.74) is 5.97. The molecule has 1 heterocycles. The highest BCUT2D eigenvalue weighted by Gasteiger charge is 2.16. The maximum atomic E-state index is 13.8. The number of aromatic nitrogens is 2. The number of nitrogens with one attached hydrogen (secondary N) is 1. The van der Waals surface area contributed by atoms with E-state index in [0.717, 1.165) is 6.07 Å². The van der Waals surface area contributed by atoms with E-state index in [1.807, 2.05) is 0 Å². The molecule has 1 aromatic heterocycles. The van der Waals surface area contributed by atoms with E-state index in [0.29, 0.717) is 0 Å². The molecule has 0 aliphatic carbocycles. The Bertz CT molecular complexity index is 653. The summed E-state index contributed by atoms with van der Waals surface area (Å²) in [6.45, 7) is 0.422.